The summed E-state index contributed by atoms with van der Waals surface area (Å²) in [4.78, 5) is 17.5. The molecular weight excluding hydrogens is 371 g/mol. The van der Waals surface area contributed by atoms with Crippen molar-refractivity contribution in [2.75, 3.05) is 33.0 Å². The molecule has 2 aromatic carbocycles. The number of benzene rings is 2. The van der Waals surface area contributed by atoms with Crippen molar-refractivity contribution in [3.63, 3.8) is 0 Å². The maximum atomic E-state index is 13.2. The van der Waals surface area contributed by atoms with Crippen LogP contribution in [0.3, 0.4) is 0 Å². The molecule has 0 unspecified atom stereocenters. The quantitative estimate of drug-likeness (QED) is 0.794. The number of nitrogens with zero attached hydrogens (tertiary/aromatic N) is 2. The predicted octanol–water partition coefficient (Wildman–Crippen LogP) is 3.68. The molecule has 0 saturated carbocycles. The minimum Gasteiger partial charge on any atom is -0.454 e. The van der Waals surface area contributed by atoms with Crippen LogP contribution in [0.5, 0.6) is 11.5 Å². The molecule has 29 heavy (non-hydrogen) atoms. The van der Waals surface area contributed by atoms with E-state index in [2.05, 4.69) is 4.90 Å². The minimum absolute atomic E-state index is 0.0656. The highest BCUT2D eigenvalue weighted by Gasteiger charge is 2.43. The van der Waals surface area contributed by atoms with Gasteiger partial charge in [-0.25, -0.2) is 4.39 Å². The first kappa shape index (κ1) is 18.4. The lowest BCUT2D eigenvalue weighted by molar-refractivity contribution is 0.0675. The first-order valence-electron chi connectivity index (χ1n) is 10.3. The summed E-state index contributed by atoms with van der Waals surface area (Å²) in [6.45, 7) is 4.66. The molecule has 3 aliphatic rings. The fourth-order valence-corrected chi connectivity index (χ4v) is 4.95. The van der Waals surface area contributed by atoms with E-state index in [1.165, 1.54) is 12.1 Å². The van der Waals surface area contributed by atoms with Gasteiger partial charge in [-0.3, -0.25) is 9.69 Å². The van der Waals surface area contributed by atoms with Gasteiger partial charge in [0, 0.05) is 37.2 Å². The van der Waals surface area contributed by atoms with Crippen molar-refractivity contribution in [3.05, 3.63) is 59.4 Å². The molecular formula is C23H25FN2O3. The summed E-state index contributed by atoms with van der Waals surface area (Å²) in [5.74, 6) is 1.21. The van der Waals surface area contributed by atoms with Gasteiger partial charge in [-0.2, -0.15) is 0 Å². The predicted molar refractivity (Wildman–Crippen MR) is 106 cm³/mol. The first-order chi connectivity index (χ1) is 14.1. The van der Waals surface area contributed by atoms with Crippen LogP contribution in [0.2, 0.25) is 0 Å². The van der Waals surface area contributed by atoms with Crippen molar-refractivity contribution < 1.29 is 18.7 Å². The van der Waals surface area contributed by atoms with Crippen LogP contribution in [0.1, 0.15) is 35.2 Å². The van der Waals surface area contributed by atoms with E-state index in [0.717, 1.165) is 57.5 Å². The van der Waals surface area contributed by atoms with Crippen molar-refractivity contribution in [1.29, 1.82) is 0 Å². The molecule has 5 rings (SSSR count). The van der Waals surface area contributed by atoms with E-state index in [-0.39, 0.29) is 23.9 Å². The van der Waals surface area contributed by atoms with Crippen molar-refractivity contribution in [1.82, 2.24) is 9.80 Å². The van der Waals surface area contributed by atoms with Crippen molar-refractivity contribution >= 4 is 5.91 Å². The van der Waals surface area contributed by atoms with Gasteiger partial charge in [0.15, 0.2) is 11.5 Å². The number of hydrogen-bond donors (Lipinski definition) is 0. The molecule has 0 aromatic heterocycles. The molecule has 0 N–H and O–H groups in total. The van der Waals surface area contributed by atoms with Gasteiger partial charge in [0.25, 0.3) is 5.91 Å². The average molecular weight is 396 g/mol. The largest absolute Gasteiger partial charge is 0.454 e. The van der Waals surface area contributed by atoms with Crippen LogP contribution < -0.4 is 9.47 Å². The second-order valence-corrected chi connectivity index (χ2v) is 8.49. The Morgan fingerprint density at radius 1 is 1.00 bits per heavy atom. The van der Waals surface area contributed by atoms with Crippen molar-refractivity contribution in [2.24, 2.45) is 5.41 Å². The van der Waals surface area contributed by atoms with E-state index >= 15 is 0 Å². The summed E-state index contributed by atoms with van der Waals surface area (Å²) >= 11 is 0. The Bertz CT molecular complexity index is 917. The van der Waals surface area contributed by atoms with Crippen molar-refractivity contribution in [3.8, 4) is 11.5 Å². The number of piperidine rings is 1. The third-order valence-corrected chi connectivity index (χ3v) is 6.40. The Morgan fingerprint density at radius 2 is 1.83 bits per heavy atom. The summed E-state index contributed by atoms with van der Waals surface area (Å²) in [5, 5.41) is 0. The van der Waals surface area contributed by atoms with E-state index in [9.17, 15) is 9.18 Å². The average Bonchev–Trinajstić information content (AvgIpc) is 3.36. The molecule has 2 saturated heterocycles. The molecule has 2 fully saturated rings. The van der Waals surface area contributed by atoms with Crippen LogP contribution in [-0.2, 0) is 6.54 Å². The summed E-state index contributed by atoms with van der Waals surface area (Å²) < 4.78 is 23.9. The van der Waals surface area contributed by atoms with Crippen LogP contribution in [0.25, 0.3) is 0 Å². The highest BCUT2D eigenvalue weighted by Crippen LogP contribution is 2.40. The van der Waals surface area contributed by atoms with E-state index in [0.29, 0.717) is 17.1 Å². The molecule has 0 bridgehead atoms. The Hall–Kier alpha value is -2.60. The van der Waals surface area contributed by atoms with E-state index in [4.69, 9.17) is 9.47 Å². The van der Waals surface area contributed by atoms with Crippen LogP contribution >= 0.6 is 0 Å². The number of fused-ring (bicyclic) bond motifs is 1. The molecule has 2 aromatic rings. The molecule has 6 heteroatoms. The lowest BCUT2D eigenvalue weighted by Gasteiger charge is -2.40. The lowest BCUT2D eigenvalue weighted by atomic mass is 9.79. The maximum Gasteiger partial charge on any atom is 0.254 e. The van der Waals surface area contributed by atoms with Gasteiger partial charge in [-0.15, -0.1) is 0 Å². The molecule has 3 aliphatic heterocycles. The summed E-state index contributed by atoms with van der Waals surface area (Å²) in [6, 6.07) is 12.2. The second-order valence-electron chi connectivity index (χ2n) is 8.49. The summed E-state index contributed by atoms with van der Waals surface area (Å²) in [6.07, 6.45) is 3.31. The third-order valence-electron chi connectivity index (χ3n) is 6.40. The molecule has 1 amide bonds. The highest BCUT2D eigenvalue weighted by molar-refractivity contribution is 5.95. The Morgan fingerprint density at radius 3 is 2.69 bits per heavy atom. The van der Waals surface area contributed by atoms with Crippen LogP contribution in [0.4, 0.5) is 4.39 Å². The molecule has 5 nitrogen and oxygen atoms in total. The Balaban J connectivity index is 1.25. The number of carbonyl (C=O) groups excluding carboxylic acids is 1. The number of amides is 1. The monoisotopic (exact) mass is 396 g/mol. The van der Waals surface area contributed by atoms with Gasteiger partial charge in [-0.05, 0) is 61.7 Å². The zero-order valence-electron chi connectivity index (χ0n) is 16.4. The van der Waals surface area contributed by atoms with Gasteiger partial charge in [0.1, 0.15) is 5.82 Å². The smallest absolute Gasteiger partial charge is 0.254 e. The fraction of sp³-hybridized carbons (Fsp3) is 0.435. The Labute approximate surface area is 170 Å². The molecule has 0 radical (unpaired) electrons. The number of ether oxygens (including phenoxy) is 2. The zero-order chi connectivity index (χ0) is 19.8. The molecule has 1 spiro atoms. The maximum absolute atomic E-state index is 13.2. The van der Waals surface area contributed by atoms with Gasteiger partial charge < -0.3 is 14.4 Å². The number of carbonyl (C=O) groups is 1. The fourth-order valence-electron chi connectivity index (χ4n) is 4.95. The standard InChI is InChI=1S/C23H25FN2O3/c24-19-5-2-17(3-6-19)13-25-10-1-8-23(14-25)9-11-26(15-23)22(27)18-4-7-20-21(12-18)29-16-28-20/h2-7,12H,1,8-11,13-16H2/t23-/m0/s1. The van der Waals surface area contributed by atoms with Crippen molar-refractivity contribution in [2.45, 2.75) is 25.8 Å². The topological polar surface area (TPSA) is 42.0 Å². The van der Waals surface area contributed by atoms with E-state index in [1.54, 1.807) is 6.07 Å². The van der Waals surface area contributed by atoms with Gasteiger partial charge >= 0.3 is 0 Å². The molecule has 152 valence electrons. The SMILES string of the molecule is O=C(c1ccc2c(c1)OCO2)N1CC[C@]2(CCCN(Cc3ccc(F)cc3)C2)C1. The van der Waals surface area contributed by atoms with E-state index in [1.807, 2.05) is 29.2 Å². The molecule has 0 aliphatic carbocycles. The lowest BCUT2D eigenvalue weighted by Crippen LogP contribution is -2.45. The zero-order valence-corrected chi connectivity index (χ0v) is 16.4. The summed E-state index contributed by atoms with van der Waals surface area (Å²) in [5.41, 5.74) is 1.95. The number of hydrogen-bond acceptors (Lipinski definition) is 4. The van der Waals surface area contributed by atoms with Gasteiger partial charge in [0.05, 0.1) is 0 Å². The first-order valence-corrected chi connectivity index (χ1v) is 10.3. The third kappa shape index (κ3) is 3.69. The number of rotatable bonds is 3. The highest BCUT2D eigenvalue weighted by atomic mass is 19.1. The van der Waals surface area contributed by atoms with E-state index < -0.39 is 0 Å². The van der Waals surface area contributed by atoms with Gasteiger partial charge in [-0.1, -0.05) is 12.1 Å². The van der Waals surface area contributed by atoms with Crippen LogP contribution in [0, 0.1) is 11.2 Å². The molecule has 3 heterocycles. The minimum atomic E-state index is -0.197. The molecule has 1 atom stereocenters. The number of likely N-dealkylation sites (tertiary alicyclic amines) is 2. The van der Waals surface area contributed by atoms with Crippen LogP contribution in [0.15, 0.2) is 42.5 Å². The normalized spacial score (nSPS) is 23.7. The summed E-state index contributed by atoms with van der Waals surface area (Å²) in [7, 11) is 0. The Kier molecular flexibility index (Phi) is 4.66. The second kappa shape index (κ2) is 7.34. The van der Waals surface area contributed by atoms with Gasteiger partial charge in [0.2, 0.25) is 6.79 Å². The number of halogens is 1. The van der Waals surface area contributed by atoms with Crippen LogP contribution in [-0.4, -0.2) is 48.7 Å².